The third-order valence-corrected chi connectivity index (χ3v) is 2.39. The molecule has 1 rings (SSSR count). The smallest absolute Gasteiger partial charge is 0.0566 e. The summed E-state index contributed by atoms with van der Waals surface area (Å²) in [6, 6.07) is 1.99. The minimum absolute atomic E-state index is 0.199. The predicted octanol–water partition coefficient (Wildman–Crippen LogP) is 1.37. The van der Waals surface area contributed by atoms with Gasteiger partial charge in [0.05, 0.1) is 6.10 Å². The van der Waals surface area contributed by atoms with E-state index in [0.29, 0.717) is 5.92 Å². The zero-order chi connectivity index (χ0) is 9.84. The SMILES string of the molecule is CC(C)C(O)CCc1ccnn1C. The van der Waals surface area contributed by atoms with Crippen LogP contribution >= 0.6 is 0 Å². The van der Waals surface area contributed by atoms with E-state index in [1.807, 2.05) is 31.6 Å². The average Bonchev–Trinajstić information content (AvgIpc) is 2.47. The summed E-state index contributed by atoms with van der Waals surface area (Å²) < 4.78 is 1.85. The van der Waals surface area contributed by atoms with Crippen LogP contribution in [0.15, 0.2) is 12.3 Å². The average molecular weight is 182 g/mol. The van der Waals surface area contributed by atoms with Crippen LogP contribution in [-0.4, -0.2) is 21.0 Å². The van der Waals surface area contributed by atoms with Crippen LogP contribution in [0.4, 0.5) is 0 Å². The molecular formula is C10H18N2O. The lowest BCUT2D eigenvalue weighted by atomic mass is 10.0. The first-order chi connectivity index (χ1) is 6.11. The van der Waals surface area contributed by atoms with Crippen molar-refractivity contribution >= 4 is 0 Å². The van der Waals surface area contributed by atoms with E-state index < -0.39 is 0 Å². The Hall–Kier alpha value is -0.830. The minimum atomic E-state index is -0.199. The van der Waals surface area contributed by atoms with Gasteiger partial charge in [-0.05, 0) is 24.8 Å². The Balaban J connectivity index is 2.39. The fourth-order valence-corrected chi connectivity index (χ4v) is 1.28. The maximum atomic E-state index is 9.59. The number of aliphatic hydroxyl groups is 1. The van der Waals surface area contributed by atoms with E-state index in [-0.39, 0.29) is 6.10 Å². The Morgan fingerprint density at radius 3 is 2.69 bits per heavy atom. The standard InChI is InChI=1S/C10H18N2O/c1-8(2)10(13)5-4-9-6-7-11-12(9)3/h6-8,10,13H,4-5H2,1-3H3. The Morgan fingerprint density at radius 1 is 1.54 bits per heavy atom. The summed E-state index contributed by atoms with van der Waals surface area (Å²) in [6.45, 7) is 4.07. The number of hydrogen-bond acceptors (Lipinski definition) is 2. The van der Waals surface area contributed by atoms with Crippen molar-refractivity contribution in [3.05, 3.63) is 18.0 Å². The Bertz CT molecular complexity index is 255. The van der Waals surface area contributed by atoms with Gasteiger partial charge in [0.2, 0.25) is 0 Å². The lowest BCUT2D eigenvalue weighted by Gasteiger charge is -2.13. The highest BCUT2D eigenvalue weighted by molar-refractivity contribution is 5.00. The Labute approximate surface area is 79.4 Å². The number of aromatic nitrogens is 2. The molecule has 0 aliphatic rings. The summed E-state index contributed by atoms with van der Waals surface area (Å²) in [6.07, 6.45) is 3.30. The van der Waals surface area contributed by atoms with Crippen molar-refractivity contribution < 1.29 is 5.11 Å². The second kappa shape index (κ2) is 4.42. The third kappa shape index (κ3) is 2.84. The summed E-state index contributed by atoms with van der Waals surface area (Å²) in [4.78, 5) is 0. The molecule has 0 fully saturated rings. The number of rotatable bonds is 4. The second-order valence-corrected chi connectivity index (χ2v) is 3.80. The zero-order valence-electron chi connectivity index (χ0n) is 8.57. The molecule has 1 heterocycles. The van der Waals surface area contributed by atoms with Gasteiger partial charge >= 0.3 is 0 Å². The van der Waals surface area contributed by atoms with E-state index in [1.165, 1.54) is 5.69 Å². The van der Waals surface area contributed by atoms with Crippen molar-refractivity contribution in [3.8, 4) is 0 Å². The third-order valence-electron chi connectivity index (χ3n) is 2.39. The Morgan fingerprint density at radius 2 is 2.23 bits per heavy atom. The van der Waals surface area contributed by atoms with Crippen LogP contribution in [0.3, 0.4) is 0 Å². The van der Waals surface area contributed by atoms with Crippen molar-refractivity contribution in [3.63, 3.8) is 0 Å². The number of hydrogen-bond donors (Lipinski definition) is 1. The highest BCUT2D eigenvalue weighted by Gasteiger charge is 2.09. The molecule has 0 aliphatic heterocycles. The van der Waals surface area contributed by atoms with E-state index in [1.54, 1.807) is 6.20 Å². The predicted molar refractivity (Wildman–Crippen MR) is 52.4 cm³/mol. The normalized spacial score (nSPS) is 13.6. The van der Waals surface area contributed by atoms with Crippen molar-refractivity contribution in [1.82, 2.24) is 9.78 Å². The summed E-state index contributed by atoms with van der Waals surface area (Å²) >= 11 is 0. The number of aryl methyl sites for hydroxylation is 2. The van der Waals surface area contributed by atoms with Gasteiger partial charge in [-0.25, -0.2) is 0 Å². The molecule has 0 saturated carbocycles. The number of aliphatic hydroxyl groups excluding tert-OH is 1. The largest absolute Gasteiger partial charge is 0.393 e. The highest BCUT2D eigenvalue weighted by Crippen LogP contribution is 2.09. The molecule has 1 N–H and O–H groups in total. The molecule has 0 saturated heterocycles. The molecule has 3 heteroatoms. The quantitative estimate of drug-likeness (QED) is 0.763. The first-order valence-corrected chi connectivity index (χ1v) is 4.76. The van der Waals surface area contributed by atoms with Gasteiger partial charge in [-0.15, -0.1) is 0 Å². The fraction of sp³-hybridized carbons (Fsp3) is 0.700. The zero-order valence-corrected chi connectivity index (χ0v) is 8.57. The van der Waals surface area contributed by atoms with Crippen LogP contribution in [0.2, 0.25) is 0 Å². The van der Waals surface area contributed by atoms with E-state index in [4.69, 9.17) is 0 Å². The van der Waals surface area contributed by atoms with Crippen LogP contribution in [-0.2, 0) is 13.5 Å². The van der Waals surface area contributed by atoms with Gasteiger partial charge < -0.3 is 5.11 Å². The Kier molecular flexibility index (Phi) is 3.48. The second-order valence-electron chi connectivity index (χ2n) is 3.80. The molecule has 0 bridgehead atoms. The van der Waals surface area contributed by atoms with Crippen LogP contribution in [0.25, 0.3) is 0 Å². The summed E-state index contributed by atoms with van der Waals surface area (Å²) in [5.74, 6) is 0.341. The maximum Gasteiger partial charge on any atom is 0.0566 e. The lowest BCUT2D eigenvalue weighted by Crippen LogP contribution is -2.16. The van der Waals surface area contributed by atoms with Crippen molar-refractivity contribution in [1.29, 1.82) is 0 Å². The van der Waals surface area contributed by atoms with E-state index in [9.17, 15) is 5.11 Å². The van der Waals surface area contributed by atoms with Crippen LogP contribution in [0, 0.1) is 5.92 Å². The molecular weight excluding hydrogens is 164 g/mol. The summed E-state index contributed by atoms with van der Waals surface area (Å²) in [7, 11) is 1.93. The molecule has 0 radical (unpaired) electrons. The molecule has 0 aliphatic carbocycles. The van der Waals surface area contributed by atoms with E-state index in [2.05, 4.69) is 5.10 Å². The van der Waals surface area contributed by atoms with Gasteiger partial charge in [0.25, 0.3) is 0 Å². The molecule has 13 heavy (non-hydrogen) atoms. The van der Waals surface area contributed by atoms with Gasteiger partial charge in [-0.3, -0.25) is 4.68 Å². The monoisotopic (exact) mass is 182 g/mol. The highest BCUT2D eigenvalue weighted by atomic mass is 16.3. The molecule has 3 nitrogen and oxygen atoms in total. The molecule has 1 aromatic rings. The fourth-order valence-electron chi connectivity index (χ4n) is 1.28. The van der Waals surface area contributed by atoms with Crippen molar-refractivity contribution in [2.24, 2.45) is 13.0 Å². The maximum absolute atomic E-state index is 9.59. The van der Waals surface area contributed by atoms with Gasteiger partial charge in [-0.2, -0.15) is 5.10 Å². The molecule has 1 unspecified atom stereocenters. The first-order valence-electron chi connectivity index (χ1n) is 4.76. The minimum Gasteiger partial charge on any atom is -0.393 e. The number of nitrogens with zero attached hydrogens (tertiary/aromatic N) is 2. The van der Waals surface area contributed by atoms with Gasteiger partial charge in [-0.1, -0.05) is 13.8 Å². The van der Waals surface area contributed by atoms with Crippen molar-refractivity contribution in [2.75, 3.05) is 0 Å². The van der Waals surface area contributed by atoms with Gasteiger partial charge in [0.15, 0.2) is 0 Å². The van der Waals surface area contributed by atoms with Gasteiger partial charge in [0.1, 0.15) is 0 Å². The summed E-state index contributed by atoms with van der Waals surface area (Å²) in [5, 5.41) is 13.7. The molecule has 0 aromatic carbocycles. The van der Waals surface area contributed by atoms with Crippen molar-refractivity contribution in [2.45, 2.75) is 32.8 Å². The first kappa shape index (κ1) is 10.3. The van der Waals surface area contributed by atoms with Crippen LogP contribution in [0.5, 0.6) is 0 Å². The molecule has 1 aromatic heterocycles. The molecule has 0 amide bonds. The van der Waals surface area contributed by atoms with E-state index >= 15 is 0 Å². The van der Waals surface area contributed by atoms with Gasteiger partial charge in [0, 0.05) is 18.9 Å². The topological polar surface area (TPSA) is 38.1 Å². The summed E-state index contributed by atoms with van der Waals surface area (Å²) in [5.41, 5.74) is 1.18. The molecule has 0 spiro atoms. The lowest BCUT2D eigenvalue weighted by molar-refractivity contribution is 0.116. The van der Waals surface area contributed by atoms with E-state index in [0.717, 1.165) is 12.8 Å². The molecule has 1 atom stereocenters. The van der Waals surface area contributed by atoms with Crippen LogP contribution < -0.4 is 0 Å². The molecule has 74 valence electrons. The van der Waals surface area contributed by atoms with Crippen LogP contribution in [0.1, 0.15) is 26.0 Å².